The monoisotopic (exact) mass is 440 g/mol. The number of amides is 2. The minimum absolute atomic E-state index is 0.0354. The molecule has 3 atom stereocenters. The predicted molar refractivity (Wildman–Crippen MR) is 127 cm³/mol. The van der Waals surface area contributed by atoms with Crippen molar-refractivity contribution >= 4 is 12.0 Å². The van der Waals surface area contributed by atoms with Gasteiger partial charge in [0.2, 0.25) is 5.91 Å². The number of imide groups is 1. The number of benzene rings is 3. The zero-order valence-corrected chi connectivity index (χ0v) is 18.5. The van der Waals surface area contributed by atoms with Crippen LogP contribution < -0.4 is 0 Å². The maximum Gasteiger partial charge on any atom is 0.416 e. The number of carbonyl (C=O) groups is 2. The topological polar surface area (TPSA) is 49.9 Å². The minimum Gasteiger partial charge on any atom is -0.447 e. The maximum atomic E-state index is 13.8. The summed E-state index contributed by atoms with van der Waals surface area (Å²) in [5.41, 5.74) is 3.45. The Bertz CT molecular complexity index is 1090. The fourth-order valence-corrected chi connectivity index (χ4v) is 5.09. The van der Waals surface area contributed by atoms with E-state index in [4.69, 9.17) is 4.74 Å². The SMILES string of the molecule is O=C1OC[C@H](Cc2ccccc2)N1C(=O)[C@H]1CN(Cc2ccccc2)CC1c1ccccc1. The van der Waals surface area contributed by atoms with Crippen molar-refractivity contribution in [3.63, 3.8) is 0 Å². The molecule has 5 nitrogen and oxygen atoms in total. The van der Waals surface area contributed by atoms with E-state index in [1.54, 1.807) is 0 Å². The molecule has 2 fully saturated rings. The van der Waals surface area contributed by atoms with Crippen LogP contribution in [0.3, 0.4) is 0 Å². The van der Waals surface area contributed by atoms with Gasteiger partial charge in [-0.25, -0.2) is 9.69 Å². The van der Waals surface area contributed by atoms with Gasteiger partial charge in [0.1, 0.15) is 6.61 Å². The third-order valence-electron chi connectivity index (χ3n) is 6.70. The van der Waals surface area contributed by atoms with Crippen LogP contribution in [-0.4, -0.2) is 47.5 Å². The zero-order valence-electron chi connectivity index (χ0n) is 18.5. The van der Waals surface area contributed by atoms with Gasteiger partial charge in [0, 0.05) is 25.6 Å². The summed E-state index contributed by atoms with van der Waals surface area (Å²) in [6.07, 6.45) is 0.0867. The van der Waals surface area contributed by atoms with Crippen LogP contribution in [0.25, 0.3) is 0 Å². The predicted octanol–water partition coefficient (Wildman–Crippen LogP) is 4.49. The van der Waals surface area contributed by atoms with E-state index < -0.39 is 6.09 Å². The molecule has 0 radical (unpaired) electrons. The number of rotatable bonds is 6. The summed E-state index contributed by atoms with van der Waals surface area (Å²) in [5, 5.41) is 0. The first-order chi connectivity index (χ1) is 16.2. The third kappa shape index (κ3) is 4.69. The molecule has 2 saturated heterocycles. The first-order valence-electron chi connectivity index (χ1n) is 11.5. The van der Waals surface area contributed by atoms with Crippen molar-refractivity contribution in [1.29, 1.82) is 0 Å². The summed E-state index contributed by atoms with van der Waals surface area (Å²) in [6, 6.07) is 30.2. The molecule has 3 aromatic carbocycles. The summed E-state index contributed by atoms with van der Waals surface area (Å²) in [7, 11) is 0. The molecule has 33 heavy (non-hydrogen) atoms. The van der Waals surface area contributed by atoms with E-state index in [-0.39, 0.29) is 30.4 Å². The van der Waals surface area contributed by atoms with E-state index in [2.05, 4.69) is 29.2 Å². The molecule has 0 spiro atoms. The number of carbonyl (C=O) groups excluding carboxylic acids is 2. The van der Waals surface area contributed by atoms with Crippen LogP contribution in [-0.2, 0) is 22.5 Å². The summed E-state index contributed by atoms with van der Waals surface area (Å²) in [6.45, 7) is 2.43. The molecule has 5 rings (SSSR count). The van der Waals surface area contributed by atoms with Crippen molar-refractivity contribution in [3.05, 3.63) is 108 Å². The van der Waals surface area contributed by atoms with Gasteiger partial charge < -0.3 is 4.74 Å². The highest BCUT2D eigenvalue weighted by molar-refractivity contribution is 5.95. The van der Waals surface area contributed by atoms with Gasteiger partial charge in [-0.1, -0.05) is 91.0 Å². The number of ether oxygens (including phenoxy) is 1. The second-order valence-corrected chi connectivity index (χ2v) is 8.93. The molecule has 0 aliphatic carbocycles. The lowest BCUT2D eigenvalue weighted by Gasteiger charge is -2.26. The van der Waals surface area contributed by atoms with Crippen molar-refractivity contribution in [1.82, 2.24) is 9.80 Å². The van der Waals surface area contributed by atoms with Gasteiger partial charge in [0.15, 0.2) is 0 Å². The van der Waals surface area contributed by atoms with Crippen molar-refractivity contribution in [3.8, 4) is 0 Å². The Hall–Kier alpha value is -3.44. The van der Waals surface area contributed by atoms with E-state index in [0.29, 0.717) is 13.0 Å². The first-order valence-corrected chi connectivity index (χ1v) is 11.5. The molecule has 2 aliphatic heterocycles. The van der Waals surface area contributed by atoms with Crippen LogP contribution >= 0.6 is 0 Å². The zero-order chi connectivity index (χ0) is 22.6. The van der Waals surface area contributed by atoms with Gasteiger partial charge in [-0.3, -0.25) is 9.69 Å². The molecule has 0 bridgehead atoms. The molecule has 2 heterocycles. The molecule has 0 N–H and O–H groups in total. The summed E-state index contributed by atoms with van der Waals surface area (Å²) < 4.78 is 5.35. The molecule has 2 aliphatic rings. The molecule has 2 amide bonds. The number of likely N-dealkylation sites (tertiary alicyclic amines) is 1. The van der Waals surface area contributed by atoms with Gasteiger partial charge in [-0.15, -0.1) is 0 Å². The van der Waals surface area contributed by atoms with Crippen LogP contribution in [0.2, 0.25) is 0 Å². The van der Waals surface area contributed by atoms with Crippen molar-refractivity contribution in [2.24, 2.45) is 5.92 Å². The molecular weight excluding hydrogens is 412 g/mol. The Balaban J connectivity index is 1.39. The Kier molecular flexibility index (Phi) is 6.22. The highest BCUT2D eigenvalue weighted by atomic mass is 16.6. The Morgan fingerprint density at radius 1 is 0.818 bits per heavy atom. The summed E-state index contributed by atoms with van der Waals surface area (Å²) >= 11 is 0. The van der Waals surface area contributed by atoms with Crippen LogP contribution in [0, 0.1) is 5.92 Å². The average molecular weight is 441 g/mol. The van der Waals surface area contributed by atoms with E-state index in [1.807, 2.05) is 66.7 Å². The lowest BCUT2D eigenvalue weighted by Crippen LogP contribution is -2.45. The molecule has 1 unspecified atom stereocenters. The number of cyclic esters (lactones) is 1. The van der Waals surface area contributed by atoms with Gasteiger partial charge in [-0.05, 0) is 23.1 Å². The lowest BCUT2D eigenvalue weighted by molar-refractivity contribution is -0.133. The van der Waals surface area contributed by atoms with E-state index in [1.165, 1.54) is 10.5 Å². The Morgan fingerprint density at radius 2 is 1.42 bits per heavy atom. The van der Waals surface area contributed by atoms with Crippen LogP contribution in [0.1, 0.15) is 22.6 Å². The quantitative estimate of drug-likeness (QED) is 0.567. The van der Waals surface area contributed by atoms with E-state index in [0.717, 1.165) is 24.2 Å². The highest BCUT2D eigenvalue weighted by Gasteiger charge is 2.46. The fraction of sp³-hybridized carbons (Fsp3) is 0.286. The molecule has 168 valence electrons. The van der Waals surface area contributed by atoms with E-state index in [9.17, 15) is 9.59 Å². The molecular formula is C28H28N2O3. The molecule has 0 aromatic heterocycles. The van der Waals surface area contributed by atoms with Crippen LogP contribution in [0.15, 0.2) is 91.0 Å². The van der Waals surface area contributed by atoms with Gasteiger partial charge in [0.25, 0.3) is 0 Å². The van der Waals surface area contributed by atoms with Gasteiger partial charge >= 0.3 is 6.09 Å². The van der Waals surface area contributed by atoms with Crippen molar-refractivity contribution in [2.75, 3.05) is 19.7 Å². The van der Waals surface area contributed by atoms with Crippen LogP contribution in [0.4, 0.5) is 4.79 Å². The van der Waals surface area contributed by atoms with Gasteiger partial charge in [-0.2, -0.15) is 0 Å². The number of nitrogens with zero attached hydrogens (tertiary/aromatic N) is 2. The molecule has 3 aromatic rings. The second kappa shape index (κ2) is 9.59. The Morgan fingerprint density at radius 3 is 2.09 bits per heavy atom. The largest absolute Gasteiger partial charge is 0.447 e. The highest BCUT2D eigenvalue weighted by Crippen LogP contribution is 2.36. The minimum atomic E-state index is -0.519. The summed E-state index contributed by atoms with van der Waals surface area (Å²) in [4.78, 5) is 30.2. The average Bonchev–Trinajstić information content (AvgIpc) is 3.44. The fourth-order valence-electron chi connectivity index (χ4n) is 5.09. The maximum absolute atomic E-state index is 13.8. The van der Waals surface area contributed by atoms with Crippen molar-refractivity contribution in [2.45, 2.75) is 24.9 Å². The standard InChI is InChI=1S/C28H28N2O3/c31-27(30-24(20-33-28(30)32)16-21-10-4-1-5-11-21)26-19-29(17-22-12-6-2-7-13-22)18-25(26)23-14-8-3-9-15-23/h1-15,24-26H,16-20H2/t24-,25?,26-/m0/s1. The number of hydrogen-bond donors (Lipinski definition) is 0. The lowest BCUT2D eigenvalue weighted by atomic mass is 9.87. The normalized spacial score (nSPS) is 23.0. The summed E-state index contributed by atoms with van der Waals surface area (Å²) in [5.74, 6) is -0.379. The van der Waals surface area contributed by atoms with E-state index >= 15 is 0 Å². The Labute approximate surface area is 194 Å². The molecule has 5 heteroatoms. The number of hydrogen-bond acceptors (Lipinski definition) is 4. The third-order valence-corrected chi connectivity index (χ3v) is 6.70. The van der Waals surface area contributed by atoms with Crippen molar-refractivity contribution < 1.29 is 14.3 Å². The second-order valence-electron chi connectivity index (χ2n) is 8.93. The van der Waals surface area contributed by atoms with Crippen LogP contribution in [0.5, 0.6) is 0 Å². The van der Waals surface area contributed by atoms with Gasteiger partial charge in [0.05, 0.1) is 12.0 Å². The first kappa shape index (κ1) is 21.4. The molecule has 0 saturated carbocycles. The smallest absolute Gasteiger partial charge is 0.416 e.